The Morgan fingerprint density at radius 1 is 1.14 bits per heavy atom. The van der Waals surface area contributed by atoms with Crippen molar-refractivity contribution in [1.82, 2.24) is 14.5 Å². The van der Waals surface area contributed by atoms with Crippen LogP contribution in [0.5, 0.6) is 0 Å². The van der Waals surface area contributed by atoms with Gasteiger partial charge in [-0.05, 0) is 35.7 Å². The number of fused-ring (bicyclic) bond motifs is 1. The SMILES string of the molecule is BC(c1ccc2c(c1)CN([C@]1(B)CCC(=O)N(B)C1=O)C2=O)N(B)C(=O)C(F)(F)c1ccc(Cl)cc1. The predicted octanol–water partition coefficient (Wildman–Crippen LogP) is -0.877. The summed E-state index contributed by atoms with van der Waals surface area (Å²) >= 11 is 5.78. The standard InChI is InChI=1S/C22H22B4ClF2N3O4/c23-17(32(26)20(36)22(28,29)13-2-4-14(27)5-3-13)11-1-6-15-12(9-11)10-30(18(15)34)21(24)8-7-16(33)31(25)19(21)35/h1-6,9,17H,7-8,10,23-26H2/t17?,21-/m1/s1. The number of carbonyl (C=O) groups is 4. The summed E-state index contributed by atoms with van der Waals surface area (Å²) in [6, 6.07) is 9.75. The molecule has 0 radical (unpaired) electrons. The molecule has 0 bridgehead atoms. The largest absolute Gasteiger partial charge is 0.389 e. The van der Waals surface area contributed by atoms with Gasteiger partial charge in [-0.2, -0.15) is 8.78 Å². The van der Waals surface area contributed by atoms with Crippen LogP contribution in [0, 0.1) is 0 Å². The zero-order valence-electron chi connectivity index (χ0n) is 20.3. The molecule has 1 unspecified atom stereocenters. The maximum atomic E-state index is 14.9. The highest BCUT2D eigenvalue weighted by Crippen LogP contribution is 2.36. The third-order valence-electron chi connectivity index (χ3n) is 7.35. The Morgan fingerprint density at radius 3 is 2.42 bits per heavy atom. The highest BCUT2D eigenvalue weighted by Gasteiger charge is 2.50. The van der Waals surface area contributed by atoms with Gasteiger partial charge in [0.1, 0.15) is 15.7 Å². The molecular weight excluding hydrogens is 487 g/mol. The first-order valence-electron chi connectivity index (χ1n) is 11.5. The molecule has 1 saturated heterocycles. The van der Waals surface area contributed by atoms with E-state index in [-0.39, 0.29) is 36.2 Å². The van der Waals surface area contributed by atoms with Gasteiger partial charge in [0.2, 0.25) is 27.8 Å². The Morgan fingerprint density at radius 2 is 1.78 bits per heavy atom. The van der Waals surface area contributed by atoms with Gasteiger partial charge in [-0.3, -0.25) is 19.2 Å². The molecule has 0 saturated carbocycles. The van der Waals surface area contributed by atoms with E-state index in [0.29, 0.717) is 16.7 Å². The van der Waals surface area contributed by atoms with Crippen molar-refractivity contribution in [2.45, 2.75) is 36.7 Å². The molecule has 0 spiro atoms. The Kier molecular flexibility index (Phi) is 6.58. The van der Waals surface area contributed by atoms with E-state index >= 15 is 0 Å². The fourth-order valence-corrected chi connectivity index (χ4v) is 4.88. The summed E-state index contributed by atoms with van der Waals surface area (Å²) in [6.45, 7) is 0.137. The summed E-state index contributed by atoms with van der Waals surface area (Å²) in [4.78, 5) is 54.2. The van der Waals surface area contributed by atoms with Crippen molar-refractivity contribution in [3.05, 3.63) is 69.7 Å². The van der Waals surface area contributed by atoms with Gasteiger partial charge < -0.3 is 14.5 Å². The summed E-state index contributed by atoms with van der Waals surface area (Å²) < 4.78 is 29.9. The van der Waals surface area contributed by atoms with Crippen LogP contribution in [0.15, 0.2) is 42.5 Å². The molecule has 0 N–H and O–H groups in total. The maximum absolute atomic E-state index is 14.9. The van der Waals surface area contributed by atoms with E-state index in [0.717, 1.165) is 21.8 Å². The molecular formula is C22H22B4ClF2N3O4. The molecule has 4 amide bonds. The molecule has 2 aliphatic rings. The van der Waals surface area contributed by atoms with Crippen LogP contribution in [0.4, 0.5) is 8.78 Å². The Hall–Kier alpha value is -3.07. The number of benzene rings is 2. The van der Waals surface area contributed by atoms with Crippen molar-refractivity contribution in [3.8, 4) is 0 Å². The average molecular weight is 509 g/mol. The molecule has 4 rings (SSSR count). The van der Waals surface area contributed by atoms with Crippen LogP contribution in [0.2, 0.25) is 5.02 Å². The second kappa shape index (κ2) is 9.10. The number of halogens is 3. The zero-order chi connectivity index (χ0) is 26.6. The number of hydrogen-bond acceptors (Lipinski definition) is 4. The van der Waals surface area contributed by atoms with Crippen molar-refractivity contribution in [2.75, 3.05) is 0 Å². The smallest absolute Gasteiger partial charge is 0.348 e. The second-order valence-electron chi connectivity index (χ2n) is 9.51. The van der Waals surface area contributed by atoms with Gasteiger partial charge >= 0.3 is 5.92 Å². The topological polar surface area (TPSA) is 78.0 Å². The maximum Gasteiger partial charge on any atom is 0.348 e. The van der Waals surface area contributed by atoms with Crippen molar-refractivity contribution in [3.63, 3.8) is 0 Å². The molecule has 7 nitrogen and oxygen atoms in total. The van der Waals surface area contributed by atoms with E-state index in [9.17, 15) is 28.0 Å². The van der Waals surface area contributed by atoms with Gasteiger partial charge in [-0.15, -0.1) is 0 Å². The molecule has 2 heterocycles. The first-order chi connectivity index (χ1) is 16.8. The number of alkyl halides is 2. The highest BCUT2D eigenvalue weighted by molar-refractivity contribution is 6.38. The van der Waals surface area contributed by atoms with Crippen LogP contribution in [0.25, 0.3) is 0 Å². The molecule has 36 heavy (non-hydrogen) atoms. The summed E-state index contributed by atoms with van der Waals surface area (Å²) in [5.41, 5.74) is -0.0282. The first-order valence-corrected chi connectivity index (χ1v) is 11.8. The minimum Gasteiger partial charge on any atom is -0.389 e. The lowest BCUT2D eigenvalue weighted by atomic mass is 9.68. The third kappa shape index (κ3) is 4.13. The molecule has 14 heteroatoms. The van der Waals surface area contributed by atoms with Crippen LogP contribution < -0.4 is 0 Å². The average Bonchev–Trinajstić information content (AvgIpc) is 3.20. The first kappa shape index (κ1) is 26.0. The van der Waals surface area contributed by atoms with E-state index in [4.69, 9.17) is 11.6 Å². The normalized spacial score (nSPS) is 20.9. The Labute approximate surface area is 215 Å². The summed E-state index contributed by atoms with van der Waals surface area (Å²) in [5, 5.41) is 0.285. The van der Waals surface area contributed by atoms with Crippen LogP contribution in [0.3, 0.4) is 0 Å². The van der Waals surface area contributed by atoms with Gasteiger partial charge in [0.25, 0.3) is 11.8 Å². The van der Waals surface area contributed by atoms with Gasteiger partial charge in [0.15, 0.2) is 0 Å². The summed E-state index contributed by atoms with van der Waals surface area (Å²) in [5.74, 6) is -6.91. The minimum atomic E-state index is -3.75. The minimum absolute atomic E-state index is 0.137. The Bertz CT molecular complexity index is 1280. The zero-order valence-corrected chi connectivity index (χ0v) is 21.1. The highest BCUT2D eigenvalue weighted by atomic mass is 35.5. The number of amides is 4. The van der Waals surface area contributed by atoms with Crippen molar-refractivity contribution < 1.29 is 28.0 Å². The molecule has 0 aromatic heterocycles. The monoisotopic (exact) mass is 509 g/mol. The van der Waals surface area contributed by atoms with Crippen LogP contribution in [-0.4, -0.2) is 75.2 Å². The van der Waals surface area contributed by atoms with E-state index in [1.165, 1.54) is 33.0 Å². The van der Waals surface area contributed by atoms with Gasteiger partial charge in [0.05, 0.1) is 5.44 Å². The molecule has 2 aromatic rings. The molecule has 2 aromatic carbocycles. The van der Waals surface area contributed by atoms with Crippen LogP contribution in [0.1, 0.15) is 45.8 Å². The molecule has 182 valence electrons. The van der Waals surface area contributed by atoms with Gasteiger partial charge in [0, 0.05) is 35.1 Å². The number of piperidine rings is 1. The number of imide groups is 1. The van der Waals surface area contributed by atoms with E-state index < -0.39 is 34.7 Å². The van der Waals surface area contributed by atoms with Crippen molar-refractivity contribution in [1.29, 1.82) is 0 Å². The fourth-order valence-electron chi connectivity index (χ4n) is 4.75. The van der Waals surface area contributed by atoms with Crippen LogP contribution >= 0.6 is 11.6 Å². The van der Waals surface area contributed by atoms with Crippen LogP contribution in [-0.2, 0) is 26.9 Å². The van der Waals surface area contributed by atoms with Crippen molar-refractivity contribution in [2.24, 2.45) is 0 Å². The third-order valence-corrected chi connectivity index (χ3v) is 7.61. The molecule has 1 fully saturated rings. The van der Waals surface area contributed by atoms with E-state index in [1.807, 2.05) is 0 Å². The lowest BCUT2D eigenvalue weighted by Crippen LogP contribution is -2.64. The summed E-state index contributed by atoms with van der Waals surface area (Å²) in [6.07, 6.45) is 0.366. The van der Waals surface area contributed by atoms with E-state index in [2.05, 4.69) is 0 Å². The van der Waals surface area contributed by atoms with Gasteiger partial charge in [-0.1, -0.05) is 35.9 Å². The lowest BCUT2D eigenvalue weighted by Gasteiger charge is -2.43. The number of nitrogens with zero attached hydrogens (tertiary/aromatic N) is 3. The quantitative estimate of drug-likeness (QED) is 0.388. The second-order valence-corrected chi connectivity index (χ2v) is 9.95. The number of rotatable bonds is 5. The van der Waals surface area contributed by atoms with Crippen molar-refractivity contribution >= 4 is 66.9 Å². The fraction of sp³-hybridized carbons (Fsp3) is 0.273. The predicted molar refractivity (Wildman–Crippen MR) is 139 cm³/mol. The molecule has 0 aliphatic carbocycles. The molecule has 2 aliphatic heterocycles. The Balaban J connectivity index is 1.56. The number of hydrogen-bond donors (Lipinski definition) is 0. The van der Waals surface area contributed by atoms with E-state index in [1.54, 1.807) is 33.9 Å². The molecule has 2 atom stereocenters. The summed E-state index contributed by atoms with van der Waals surface area (Å²) in [7, 11) is 5.98. The number of carbonyl (C=O) groups excluding carboxylic acids is 4. The van der Waals surface area contributed by atoms with Gasteiger partial charge in [-0.25, -0.2) is 0 Å². The lowest BCUT2D eigenvalue weighted by molar-refractivity contribution is -0.154.